The fourth-order valence-corrected chi connectivity index (χ4v) is 2.50. The normalized spacial score (nSPS) is 9.69. The van der Waals surface area contributed by atoms with Crippen molar-refractivity contribution in [2.75, 3.05) is 0 Å². The van der Waals surface area contributed by atoms with E-state index in [4.69, 9.17) is 9.78 Å². The molecule has 0 heterocycles. The third-order valence-electron chi connectivity index (χ3n) is 3.76. The molecule has 2 aromatic rings. The highest BCUT2D eigenvalue weighted by Gasteiger charge is 2.19. The molecule has 0 N–H and O–H groups in total. The summed E-state index contributed by atoms with van der Waals surface area (Å²) >= 11 is 0. The number of carbonyl (C=O) groups is 2. The smallest absolute Gasteiger partial charge is 0.241 e. The van der Waals surface area contributed by atoms with Crippen LogP contribution in [0, 0.1) is 0 Å². The standard InChI is InChI=1S/C22H18O4/c1-5-15-11-9-13-19(17(15)7-3)21(23)25-26-22(24)20-14-10-12-16(6-2)18(20)8-4/h5-14H,1-4H2. The summed E-state index contributed by atoms with van der Waals surface area (Å²) < 4.78 is 0. The van der Waals surface area contributed by atoms with E-state index in [9.17, 15) is 9.59 Å². The molecule has 4 heteroatoms. The molecule has 0 aliphatic rings. The number of benzene rings is 2. The van der Waals surface area contributed by atoms with Gasteiger partial charge in [0, 0.05) is 0 Å². The van der Waals surface area contributed by atoms with Crippen LogP contribution in [0.25, 0.3) is 24.3 Å². The van der Waals surface area contributed by atoms with Crippen molar-refractivity contribution < 1.29 is 19.4 Å². The maximum atomic E-state index is 12.3. The quantitative estimate of drug-likeness (QED) is 0.534. The van der Waals surface area contributed by atoms with Gasteiger partial charge in [-0.05, 0) is 34.4 Å². The van der Waals surface area contributed by atoms with E-state index in [0.29, 0.717) is 22.3 Å². The molecular weight excluding hydrogens is 328 g/mol. The number of hydrogen-bond acceptors (Lipinski definition) is 4. The van der Waals surface area contributed by atoms with Crippen LogP contribution in [0.2, 0.25) is 0 Å². The summed E-state index contributed by atoms with van der Waals surface area (Å²) in [4.78, 5) is 34.0. The molecular formula is C22H18O4. The first kappa shape index (κ1) is 18.7. The summed E-state index contributed by atoms with van der Waals surface area (Å²) in [7, 11) is 0. The predicted octanol–water partition coefficient (Wildman–Crippen LogP) is 5.19. The zero-order valence-electron chi connectivity index (χ0n) is 14.2. The average Bonchev–Trinajstić information content (AvgIpc) is 2.69. The zero-order chi connectivity index (χ0) is 19.1. The Morgan fingerprint density at radius 3 is 1.35 bits per heavy atom. The van der Waals surface area contributed by atoms with Crippen molar-refractivity contribution in [3.63, 3.8) is 0 Å². The third-order valence-corrected chi connectivity index (χ3v) is 3.76. The topological polar surface area (TPSA) is 52.6 Å². The Bertz CT molecular complexity index is 831. The van der Waals surface area contributed by atoms with Gasteiger partial charge >= 0.3 is 11.9 Å². The van der Waals surface area contributed by atoms with E-state index in [2.05, 4.69) is 26.3 Å². The molecule has 0 fully saturated rings. The first-order chi connectivity index (χ1) is 12.6. The van der Waals surface area contributed by atoms with Crippen molar-refractivity contribution in [1.29, 1.82) is 0 Å². The summed E-state index contributed by atoms with van der Waals surface area (Å²) in [5.41, 5.74) is 2.96. The van der Waals surface area contributed by atoms with Gasteiger partial charge in [0.05, 0.1) is 11.1 Å². The molecule has 0 amide bonds. The predicted molar refractivity (Wildman–Crippen MR) is 104 cm³/mol. The summed E-state index contributed by atoms with van der Waals surface area (Å²) in [6.45, 7) is 14.7. The maximum absolute atomic E-state index is 12.3. The fourth-order valence-electron chi connectivity index (χ4n) is 2.50. The Morgan fingerprint density at radius 2 is 1.04 bits per heavy atom. The molecule has 0 radical (unpaired) electrons. The van der Waals surface area contributed by atoms with Gasteiger partial charge in [0.25, 0.3) is 0 Å². The van der Waals surface area contributed by atoms with E-state index in [1.165, 1.54) is 12.2 Å². The molecule has 0 aliphatic heterocycles. The second-order valence-electron chi connectivity index (χ2n) is 5.18. The molecule has 130 valence electrons. The fraction of sp³-hybridized carbons (Fsp3) is 0. The van der Waals surface area contributed by atoms with E-state index < -0.39 is 11.9 Å². The highest BCUT2D eigenvalue weighted by Crippen LogP contribution is 2.21. The lowest BCUT2D eigenvalue weighted by molar-refractivity contribution is -0.187. The molecule has 0 atom stereocenters. The first-order valence-corrected chi connectivity index (χ1v) is 7.76. The molecule has 0 unspecified atom stereocenters. The van der Waals surface area contributed by atoms with Crippen LogP contribution in [0.15, 0.2) is 62.7 Å². The van der Waals surface area contributed by atoms with Gasteiger partial charge in [0.2, 0.25) is 0 Å². The van der Waals surface area contributed by atoms with Crippen LogP contribution >= 0.6 is 0 Å². The van der Waals surface area contributed by atoms with Crippen LogP contribution < -0.4 is 0 Å². The molecule has 4 nitrogen and oxygen atoms in total. The molecule has 2 aromatic carbocycles. The van der Waals surface area contributed by atoms with Crippen molar-refractivity contribution in [1.82, 2.24) is 0 Å². The number of carbonyl (C=O) groups excluding carboxylic acids is 2. The van der Waals surface area contributed by atoms with Crippen LogP contribution in [0.3, 0.4) is 0 Å². The van der Waals surface area contributed by atoms with Crippen LogP contribution in [0.5, 0.6) is 0 Å². The minimum absolute atomic E-state index is 0.217. The lowest BCUT2D eigenvalue weighted by atomic mass is 10.0. The first-order valence-electron chi connectivity index (χ1n) is 7.76. The van der Waals surface area contributed by atoms with Crippen LogP contribution in [0.1, 0.15) is 43.0 Å². The largest absolute Gasteiger partial charge is 0.386 e. The average molecular weight is 346 g/mol. The lowest BCUT2D eigenvalue weighted by Crippen LogP contribution is -2.14. The number of rotatable bonds is 6. The summed E-state index contributed by atoms with van der Waals surface area (Å²) in [5.74, 6) is -1.62. The van der Waals surface area contributed by atoms with Crippen molar-refractivity contribution in [2.24, 2.45) is 0 Å². The van der Waals surface area contributed by atoms with E-state index >= 15 is 0 Å². The molecule has 2 rings (SSSR count). The van der Waals surface area contributed by atoms with Crippen LogP contribution in [0.4, 0.5) is 0 Å². The minimum atomic E-state index is -0.808. The molecule has 0 saturated carbocycles. The van der Waals surface area contributed by atoms with E-state index in [0.717, 1.165) is 0 Å². The van der Waals surface area contributed by atoms with Crippen LogP contribution in [-0.4, -0.2) is 11.9 Å². The Kier molecular flexibility index (Phi) is 6.06. The summed E-state index contributed by atoms with van der Waals surface area (Å²) in [5, 5.41) is 0. The second-order valence-corrected chi connectivity index (χ2v) is 5.18. The summed E-state index contributed by atoms with van der Waals surface area (Å²) in [6.07, 6.45) is 6.21. The Balaban J connectivity index is 2.22. The molecule has 26 heavy (non-hydrogen) atoms. The van der Waals surface area contributed by atoms with Gasteiger partial charge in [-0.1, -0.05) is 74.9 Å². The molecule has 0 bridgehead atoms. The van der Waals surface area contributed by atoms with Gasteiger partial charge in [-0.3, -0.25) is 0 Å². The zero-order valence-corrected chi connectivity index (χ0v) is 14.2. The molecule has 0 aromatic heterocycles. The van der Waals surface area contributed by atoms with Gasteiger partial charge < -0.3 is 0 Å². The minimum Gasteiger partial charge on any atom is -0.241 e. The Labute approximate surface area is 152 Å². The second kappa shape index (κ2) is 8.44. The number of hydrogen-bond donors (Lipinski definition) is 0. The van der Waals surface area contributed by atoms with Crippen molar-refractivity contribution in [3.8, 4) is 0 Å². The SMILES string of the molecule is C=Cc1cccc(C(=O)OOC(=O)c2cccc(C=C)c2C=C)c1C=C. The third kappa shape index (κ3) is 3.70. The van der Waals surface area contributed by atoms with Gasteiger partial charge in [-0.25, -0.2) is 19.4 Å². The van der Waals surface area contributed by atoms with E-state index in [1.54, 1.807) is 48.6 Å². The highest BCUT2D eigenvalue weighted by molar-refractivity contribution is 5.97. The van der Waals surface area contributed by atoms with Crippen molar-refractivity contribution in [2.45, 2.75) is 0 Å². The van der Waals surface area contributed by atoms with E-state index in [-0.39, 0.29) is 11.1 Å². The Hall–Kier alpha value is -3.66. The highest BCUT2D eigenvalue weighted by atomic mass is 17.2. The van der Waals surface area contributed by atoms with Gasteiger partial charge in [0.15, 0.2) is 0 Å². The van der Waals surface area contributed by atoms with Gasteiger partial charge in [-0.15, -0.1) is 0 Å². The van der Waals surface area contributed by atoms with Gasteiger partial charge in [0.1, 0.15) is 0 Å². The van der Waals surface area contributed by atoms with Crippen molar-refractivity contribution in [3.05, 3.63) is 96.1 Å². The maximum Gasteiger partial charge on any atom is 0.386 e. The Morgan fingerprint density at radius 1 is 0.654 bits per heavy atom. The summed E-state index contributed by atoms with van der Waals surface area (Å²) in [6, 6.07) is 10.0. The van der Waals surface area contributed by atoms with Crippen LogP contribution in [-0.2, 0) is 9.78 Å². The molecule has 0 saturated heterocycles. The van der Waals surface area contributed by atoms with Gasteiger partial charge in [-0.2, -0.15) is 0 Å². The molecule has 0 spiro atoms. The lowest BCUT2D eigenvalue weighted by Gasteiger charge is -2.10. The monoisotopic (exact) mass is 346 g/mol. The van der Waals surface area contributed by atoms with E-state index in [1.807, 2.05) is 0 Å². The molecule has 0 aliphatic carbocycles. The van der Waals surface area contributed by atoms with Crippen molar-refractivity contribution >= 4 is 36.2 Å².